The van der Waals surface area contributed by atoms with E-state index in [2.05, 4.69) is 15.4 Å². The number of nitro groups is 1. The lowest BCUT2D eigenvalue weighted by Crippen LogP contribution is -2.39. The molecule has 3 aromatic rings. The van der Waals surface area contributed by atoms with Gasteiger partial charge in [-0.25, -0.2) is 8.42 Å². The molecule has 12 heteroatoms. The number of benzene rings is 2. The van der Waals surface area contributed by atoms with Crippen LogP contribution in [0.2, 0.25) is 5.02 Å². The van der Waals surface area contributed by atoms with Crippen LogP contribution < -0.4 is 0 Å². The van der Waals surface area contributed by atoms with Crippen molar-refractivity contribution in [1.29, 1.82) is 0 Å². The number of sulfonamides is 1. The second-order valence-corrected chi connectivity index (χ2v) is 9.81. The summed E-state index contributed by atoms with van der Waals surface area (Å²) < 4.78 is 27.4. The van der Waals surface area contributed by atoms with E-state index in [0.717, 1.165) is 23.7 Å². The summed E-state index contributed by atoms with van der Waals surface area (Å²) in [6, 6.07) is 10.5. The minimum atomic E-state index is -3.84. The highest BCUT2D eigenvalue weighted by Gasteiger charge is 2.31. The Morgan fingerprint density at radius 2 is 2.03 bits per heavy atom. The van der Waals surface area contributed by atoms with Crippen LogP contribution in [0.4, 0.5) is 5.69 Å². The average Bonchev–Trinajstić information content (AvgIpc) is 3.23. The van der Waals surface area contributed by atoms with E-state index >= 15 is 0 Å². The molecule has 2 heterocycles. The van der Waals surface area contributed by atoms with Gasteiger partial charge < -0.3 is 0 Å². The molecule has 0 saturated carbocycles. The first-order chi connectivity index (χ1) is 14.8. The zero-order chi connectivity index (χ0) is 22.2. The number of piperidine rings is 1. The molecule has 10 nitrogen and oxygen atoms in total. The minimum absolute atomic E-state index is 0.0109. The Hall–Kier alpha value is -2.89. The van der Waals surface area contributed by atoms with Crippen LogP contribution in [-0.4, -0.2) is 50.9 Å². The zero-order valence-electron chi connectivity index (χ0n) is 16.5. The topological polar surface area (TPSA) is 124 Å². The van der Waals surface area contributed by atoms with Gasteiger partial charge >= 0.3 is 0 Å². The number of rotatable bonds is 5. The molecule has 0 bridgehead atoms. The van der Waals surface area contributed by atoms with E-state index in [-0.39, 0.29) is 22.3 Å². The first kappa shape index (κ1) is 21.3. The standard InChI is InChI=1S/C19H19ClN6O4S/c1-13-4-3-9-24(12-13)31(29,30)16-7-8-17(18(11-16)26(27)28)25-22-19(21-23-25)14-5-2-6-15(20)10-14/h2,5-8,10-11,13H,3-4,9,12H2,1H3. The van der Waals surface area contributed by atoms with Crippen LogP contribution in [0.3, 0.4) is 0 Å². The van der Waals surface area contributed by atoms with Crippen molar-refractivity contribution in [3.8, 4) is 17.1 Å². The first-order valence-corrected chi connectivity index (χ1v) is 11.4. The van der Waals surface area contributed by atoms with Crippen LogP contribution >= 0.6 is 11.6 Å². The Kier molecular flexibility index (Phi) is 5.73. The Morgan fingerprint density at radius 3 is 2.74 bits per heavy atom. The van der Waals surface area contributed by atoms with E-state index in [9.17, 15) is 18.5 Å². The third-order valence-electron chi connectivity index (χ3n) is 5.11. The summed E-state index contributed by atoms with van der Waals surface area (Å²) in [5.74, 6) is 0.470. The second kappa shape index (κ2) is 8.33. The lowest BCUT2D eigenvalue weighted by atomic mass is 10.0. The van der Waals surface area contributed by atoms with E-state index < -0.39 is 20.6 Å². The molecule has 0 amide bonds. The molecule has 1 aromatic heterocycles. The summed E-state index contributed by atoms with van der Waals surface area (Å²) in [5, 5.41) is 24.2. The molecular formula is C19H19ClN6O4S. The number of nitrogens with zero attached hydrogens (tertiary/aromatic N) is 6. The number of hydrogen-bond donors (Lipinski definition) is 0. The summed E-state index contributed by atoms with van der Waals surface area (Å²) in [7, 11) is -3.84. The zero-order valence-corrected chi connectivity index (χ0v) is 18.1. The van der Waals surface area contributed by atoms with Gasteiger partial charge in [0, 0.05) is 29.7 Å². The Balaban J connectivity index is 1.71. The van der Waals surface area contributed by atoms with Gasteiger partial charge in [-0.05, 0) is 48.2 Å². The summed E-state index contributed by atoms with van der Waals surface area (Å²) in [6.45, 7) is 2.78. The number of tetrazole rings is 1. The molecule has 0 radical (unpaired) electrons. The van der Waals surface area contributed by atoms with Crippen LogP contribution in [0.1, 0.15) is 19.8 Å². The molecule has 1 aliphatic heterocycles. The molecule has 1 saturated heterocycles. The summed E-state index contributed by atoms with van der Waals surface area (Å²) in [5.41, 5.74) is 0.178. The minimum Gasteiger partial charge on any atom is -0.258 e. The number of nitro benzene ring substituents is 1. The molecule has 31 heavy (non-hydrogen) atoms. The summed E-state index contributed by atoms with van der Waals surface area (Å²) in [6.07, 6.45) is 1.72. The monoisotopic (exact) mass is 462 g/mol. The maximum absolute atomic E-state index is 13.0. The maximum atomic E-state index is 13.0. The SMILES string of the molecule is CC1CCCN(S(=O)(=O)c2ccc(-n3nnc(-c4cccc(Cl)c4)n3)c([N+](=O)[O-])c2)C1. The normalized spacial score (nSPS) is 17.5. The fourth-order valence-corrected chi connectivity index (χ4v) is 5.36. The van der Waals surface area contributed by atoms with Crippen LogP contribution in [-0.2, 0) is 10.0 Å². The highest BCUT2D eigenvalue weighted by atomic mass is 35.5. The van der Waals surface area contributed by atoms with Crippen LogP contribution in [0.25, 0.3) is 17.1 Å². The predicted molar refractivity (Wildman–Crippen MR) is 113 cm³/mol. The molecule has 4 rings (SSSR count). The van der Waals surface area contributed by atoms with Crippen molar-refractivity contribution in [3.05, 3.63) is 57.6 Å². The predicted octanol–water partition coefficient (Wildman–Crippen LogP) is 3.31. The van der Waals surface area contributed by atoms with Crippen LogP contribution in [0.15, 0.2) is 47.4 Å². The Morgan fingerprint density at radius 1 is 1.23 bits per heavy atom. The molecule has 1 aliphatic rings. The van der Waals surface area contributed by atoms with E-state index in [1.54, 1.807) is 24.3 Å². The highest BCUT2D eigenvalue weighted by Crippen LogP contribution is 2.29. The molecular weight excluding hydrogens is 444 g/mol. The quantitative estimate of drug-likeness (QED) is 0.420. The molecule has 1 atom stereocenters. The van der Waals surface area contributed by atoms with E-state index in [1.807, 2.05) is 6.92 Å². The van der Waals surface area contributed by atoms with Crippen LogP contribution in [0, 0.1) is 16.0 Å². The average molecular weight is 463 g/mol. The van der Waals surface area contributed by atoms with Crippen molar-refractivity contribution in [1.82, 2.24) is 24.5 Å². The van der Waals surface area contributed by atoms with Crippen molar-refractivity contribution in [2.75, 3.05) is 13.1 Å². The lowest BCUT2D eigenvalue weighted by molar-refractivity contribution is -0.384. The molecule has 0 N–H and O–H groups in total. The van der Waals surface area contributed by atoms with E-state index in [1.165, 1.54) is 16.4 Å². The van der Waals surface area contributed by atoms with Crippen molar-refractivity contribution in [2.24, 2.45) is 5.92 Å². The van der Waals surface area contributed by atoms with E-state index in [4.69, 9.17) is 11.6 Å². The summed E-state index contributed by atoms with van der Waals surface area (Å²) in [4.78, 5) is 11.9. The molecule has 0 spiro atoms. The third-order valence-corrected chi connectivity index (χ3v) is 7.21. The maximum Gasteiger partial charge on any atom is 0.298 e. The highest BCUT2D eigenvalue weighted by molar-refractivity contribution is 7.89. The smallest absolute Gasteiger partial charge is 0.258 e. The number of aromatic nitrogens is 4. The van der Waals surface area contributed by atoms with Crippen molar-refractivity contribution in [2.45, 2.75) is 24.7 Å². The molecule has 0 aliphatic carbocycles. The van der Waals surface area contributed by atoms with Gasteiger partial charge in [0.15, 0.2) is 5.69 Å². The van der Waals surface area contributed by atoms with Gasteiger partial charge in [-0.3, -0.25) is 10.1 Å². The fraction of sp³-hybridized carbons (Fsp3) is 0.316. The molecule has 2 aromatic carbocycles. The van der Waals surface area contributed by atoms with Gasteiger partial charge in [0.2, 0.25) is 15.8 Å². The number of hydrogen-bond acceptors (Lipinski definition) is 7. The van der Waals surface area contributed by atoms with Gasteiger partial charge in [0.1, 0.15) is 0 Å². The second-order valence-electron chi connectivity index (χ2n) is 7.43. The fourth-order valence-electron chi connectivity index (χ4n) is 3.55. The largest absolute Gasteiger partial charge is 0.298 e. The Labute approximate surface area is 183 Å². The first-order valence-electron chi connectivity index (χ1n) is 9.60. The number of halogens is 1. The molecule has 1 fully saturated rings. The third kappa shape index (κ3) is 4.29. The van der Waals surface area contributed by atoms with Gasteiger partial charge in [0.25, 0.3) is 5.69 Å². The van der Waals surface area contributed by atoms with Crippen molar-refractivity contribution in [3.63, 3.8) is 0 Å². The Bertz CT molecular complexity index is 1250. The van der Waals surface area contributed by atoms with E-state index in [0.29, 0.717) is 23.7 Å². The van der Waals surface area contributed by atoms with Crippen molar-refractivity contribution < 1.29 is 13.3 Å². The van der Waals surface area contributed by atoms with Gasteiger partial charge in [-0.2, -0.15) is 4.31 Å². The van der Waals surface area contributed by atoms with Crippen LogP contribution in [0.5, 0.6) is 0 Å². The molecule has 162 valence electrons. The van der Waals surface area contributed by atoms with Gasteiger partial charge in [-0.15, -0.1) is 15.0 Å². The van der Waals surface area contributed by atoms with Crippen molar-refractivity contribution >= 4 is 27.3 Å². The molecule has 1 unspecified atom stereocenters. The lowest BCUT2D eigenvalue weighted by Gasteiger charge is -2.29. The van der Waals surface area contributed by atoms with Gasteiger partial charge in [-0.1, -0.05) is 30.7 Å². The van der Waals surface area contributed by atoms with Gasteiger partial charge in [0.05, 0.1) is 9.82 Å². The summed E-state index contributed by atoms with van der Waals surface area (Å²) >= 11 is 5.99.